The smallest absolute Gasteiger partial charge is 0.183 e. The standard InChI is InChI=1S/C25H21N5/c1-18-12-13-21(17-26-18)24-28-25(27-16-19-8-4-2-5-9-19)23-22(14-15-30(23)29-24)20-10-6-3-7-11-20/h2-15,17H,16H2,1H3,(H,27,28,29). The van der Waals surface area contributed by atoms with Crippen molar-refractivity contribution in [3.63, 3.8) is 0 Å². The van der Waals surface area contributed by atoms with Crippen LogP contribution in [0.25, 0.3) is 28.0 Å². The fourth-order valence-corrected chi connectivity index (χ4v) is 3.50. The second-order valence-electron chi connectivity index (χ2n) is 7.20. The summed E-state index contributed by atoms with van der Waals surface area (Å²) in [5.41, 5.74) is 6.24. The first-order valence-corrected chi connectivity index (χ1v) is 9.93. The van der Waals surface area contributed by atoms with Crippen LogP contribution < -0.4 is 5.32 Å². The van der Waals surface area contributed by atoms with Crippen molar-refractivity contribution in [3.8, 4) is 22.5 Å². The molecule has 2 aromatic carbocycles. The average molecular weight is 391 g/mol. The molecule has 5 rings (SSSR count). The van der Waals surface area contributed by atoms with Crippen molar-refractivity contribution in [2.75, 3.05) is 5.32 Å². The number of rotatable bonds is 5. The molecule has 0 amide bonds. The zero-order chi connectivity index (χ0) is 20.3. The van der Waals surface area contributed by atoms with E-state index >= 15 is 0 Å². The molecule has 0 aliphatic heterocycles. The maximum absolute atomic E-state index is 4.89. The van der Waals surface area contributed by atoms with E-state index < -0.39 is 0 Å². The quantitative estimate of drug-likeness (QED) is 0.437. The van der Waals surface area contributed by atoms with E-state index in [2.05, 4.69) is 40.6 Å². The third kappa shape index (κ3) is 3.53. The van der Waals surface area contributed by atoms with Crippen molar-refractivity contribution in [2.24, 2.45) is 0 Å². The Kier molecular flexibility index (Phi) is 4.69. The van der Waals surface area contributed by atoms with Gasteiger partial charge >= 0.3 is 0 Å². The van der Waals surface area contributed by atoms with E-state index in [1.54, 1.807) is 0 Å². The molecule has 0 spiro atoms. The van der Waals surface area contributed by atoms with Gasteiger partial charge in [0.1, 0.15) is 5.52 Å². The maximum Gasteiger partial charge on any atom is 0.183 e. The van der Waals surface area contributed by atoms with Crippen molar-refractivity contribution in [1.29, 1.82) is 0 Å². The normalized spacial score (nSPS) is 11.0. The molecule has 5 aromatic rings. The van der Waals surface area contributed by atoms with Crippen molar-refractivity contribution >= 4 is 11.3 Å². The Hall–Kier alpha value is -3.99. The molecule has 0 atom stereocenters. The van der Waals surface area contributed by atoms with Gasteiger partial charge in [-0.05, 0) is 36.2 Å². The summed E-state index contributed by atoms with van der Waals surface area (Å²) in [7, 11) is 0. The fraction of sp³-hybridized carbons (Fsp3) is 0.0800. The average Bonchev–Trinajstić information content (AvgIpc) is 3.23. The van der Waals surface area contributed by atoms with Crippen LogP contribution in [0.3, 0.4) is 0 Å². The molecule has 30 heavy (non-hydrogen) atoms. The Bertz CT molecular complexity index is 1280. The fourth-order valence-electron chi connectivity index (χ4n) is 3.50. The second kappa shape index (κ2) is 7.79. The van der Waals surface area contributed by atoms with Crippen LogP contribution in [0.15, 0.2) is 91.3 Å². The number of hydrogen-bond donors (Lipinski definition) is 1. The number of hydrogen-bond acceptors (Lipinski definition) is 4. The lowest BCUT2D eigenvalue weighted by Crippen LogP contribution is -2.07. The zero-order valence-electron chi connectivity index (χ0n) is 16.7. The predicted molar refractivity (Wildman–Crippen MR) is 120 cm³/mol. The number of benzene rings is 2. The van der Waals surface area contributed by atoms with Gasteiger partial charge < -0.3 is 5.32 Å². The molecule has 5 heteroatoms. The van der Waals surface area contributed by atoms with Gasteiger partial charge in [0.2, 0.25) is 0 Å². The Morgan fingerprint density at radius 2 is 1.60 bits per heavy atom. The molecule has 0 bridgehead atoms. The lowest BCUT2D eigenvalue weighted by molar-refractivity contribution is 0.908. The largest absolute Gasteiger partial charge is 0.364 e. The summed E-state index contributed by atoms with van der Waals surface area (Å²) in [6.45, 7) is 2.65. The number of aryl methyl sites for hydroxylation is 1. The van der Waals surface area contributed by atoms with Crippen molar-refractivity contribution in [1.82, 2.24) is 19.6 Å². The lowest BCUT2D eigenvalue weighted by Gasteiger charge is -2.12. The number of fused-ring (bicyclic) bond motifs is 1. The van der Waals surface area contributed by atoms with Gasteiger partial charge in [-0.3, -0.25) is 4.98 Å². The molecule has 0 saturated heterocycles. The van der Waals surface area contributed by atoms with E-state index in [1.807, 2.05) is 72.4 Å². The van der Waals surface area contributed by atoms with Crippen LogP contribution in [0.2, 0.25) is 0 Å². The molecule has 0 aliphatic rings. The molecule has 0 radical (unpaired) electrons. The topological polar surface area (TPSA) is 55.1 Å². The third-order valence-electron chi connectivity index (χ3n) is 5.07. The van der Waals surface area contributed by atoms with Gasteiger partial charge in [0.05, 0.1) is 0 Å². The predicted octanol–water partition coefficient (Wildman–Crippen LogP) is 5.38. The monoisotopic (exact) mass is 391 g/mol. The molecule has 146 valence electrons. The molecule has 1 N–H and O–H groups in total. The highest BCUT2D eigenvalue weighted by atomic mass is 15.3. The molecule has 3 heterocycles. The van der Waals surface area contributed by atoms with E-state index in [0.717, 1.165) is 33.7 Å². The van der Waals surface area contributed by atoms with Gasteiger partial charge in [0, 0.05) is 35.8 Å². The summed E-state index contributed by atoms with van der Waals surface area (Å²) in [6, 6.07) is 26.7. The third-order valence-corrected chi connectivity index (χ3v) is 5.07. The molecule has 0 unspecified atom stereocenters. The number of aromatic nitrogens is 4. The van der Waals surface area contributed by atoms with E-state index in [0.29, 0.717) is 12.4 Å². The zero-order valence-corrected chi connectivity index (χ0v) is 16.7. The van der Waals surface area contributed by atoms with E-state index in [1.165, 1.54) is 5.56 Å². The molecular formula is C25H21N5. The minimum absolute atomic E-state index is 0.640. The van der Waals surface area contributed by atoms with E-state index in [-0.39, 0.29) is 0 Å². The summed E-state index contributed by atoms with van der Waals surface area (Å²) in [5.74, 6) is 1.44. The minimum Gasteiger partial charge on any atom is -0.364 e. The molecular weight excluding hydrogens is 370 g/mol. The van der Waals surface area contributed by atoms with Gasteiger partial charge in [-0.1, -0.05) is 60.7 Å². The van der Waals surface area contributed by atoms with E-state index in [9.17, 15) is 0 Å². The summed E-state index contributed by atoms with van der Waals surface area (Å²) in [4.78, 5) is 9.29. The second-order valence-corrected chi connectivity index (χ2v) is 7.20. The van der Waals surface area contributed by atoms with Gasteiger partial charge in [-0.25, -0.2) is 9.50 Å². The summed E-state index contributed by atoms with van der Waals surface area (Å²) in [5, 5.41) is 8.29. The highest BCUT2D eigenvalue weighted by Crippen LogP contribution is 2.31. The highest BCUT2D eigenvalue weighted by molar-refractivity contribution is 5.89. The van der Waals surface area contributed by atoms with Gasteiger partial charge in [-0.2, -0.15) is 0 Å². The summed E-state index contributed by atoms with van der Waals surface area (Å²) >= 11 is 0. The Morgan fingerprint density at radius 3 is 2.33 bits per heavy atom. The van der Waals surface area contributed by atoms with E-state index in [4.69, 9.17) is 10.1 Å². The lowest BCUT2D eigenvalue weighted by atomic mass is 10.1. The first-order valence-electron chi connectivity index (χ1n) is 9.93. The molecule has 0 saturated carbocycles. The number of nitrogens with zero attached hydrogens (tertiary/aromatic N) is 4. The minimum atomic E-state index is 0.640. The number of anilines is 1. The Balaban J connectivity index is 1.63. The summed E-state index contributed by atoms with van der Waals surface area (Å²) in [6.07, 6.45) is 3.80. The Morgan fingerprint density at radius 1 is 0.833 bits per heavy atom. The molecule has 3 aromatic heterocycles. The van der Waals surface area contributed by atoms with Crippen LogP contribution in [0, 0.1) is 6.92 Å². The SMILES string of the molecule is Cc1ccc(-c2nc(NCc3ccccc3)c3c(-c4ccccc4)ccn3n2)cn1. The molecule has 0 fully saturated rings. The maximum atomic E-state index is 4.89. The van der Waals surface area contributed by atoms with Crippen molar-refractivity contribution in [3.05, 3.63) is 103 Å². The number of pyridine rings is 1. The summed E-state index contributed by atoms with van der Waals surface area (Å²) < 4.78 is 1.90. The van der Waals surface area contributed by atoms with Crippen LogP contribution in [0.5, 0.6) is 0 Å². The van der Waals surface area contributed by atoms with Gasteiger partial charge in [0.15, 0.2) is 11.6 Å². The van der Waals surface area contributed by atoms with Crippen LogP contribution in [0.4, 0.5) is 5.82 Å². The van der Waals surface area contributed by atoms with Gasteiger partial charge in [-0.15, -0.1) is 5.10 Å². The van der Waals surface area contributed by atoms with Gasteiger partial charge in [0.25, 0.3) is 0 Å². The Labute approximate surface area is 175 Å². The molecule has 0 aliphatic carbocycles. The first kappa shape index (κ1) is 18.1. The first-order chi connectivity index (χ1) is 14.8. The van der Waals surface area contributed by atoms with Crippen LogP contribution in [-0.2, 0) is 6.54 Å². The number of nitrogens with one attached hydrogen (secondary N) is 1. The molecule has 5 nitrogen and oxygen atoms in total. The van der Waals surface area contributed by atoms with Crippen molar-refractivity contribution < 1.29 is 0 Å². The van der Waals surface area contributed by atoms with Crippen LogP contribution in [0.1, 0.15) is 11.3 Å². The highest BCUT2D eigenvalue weighted by Gasteiger charge is 2.15. The van der Waals surface area contributed by atoms with Crippen LogP contribution in [-0.4, -0.2) is 19.6 Å². The van der Waals surface area contributed by atoms with Crippen LogP contribution >= 0.6 is 0 Å². The van der Waals surface area contributed by atoms with Crippen molar-refractivity contribution in [2.45, 2.75) is 13.5 Å².